The highest BCUT2D eigenvalue weighted by Gasteiger charge is 2.41. The zero-order chi connectivity index (χ0) is 97.6. The summed E-state index contributed by atoms with van der Waals surface area (Å²) in [4.78, 5) is 0. The van der Waals surface area contributed by atoms with Gasteiger partial charge in [0.05, 0.1) is 13.2 Å². The fourth-order valence-corrected chi connectivity index (χ4v) is 21.1. The standard InChI is InChI=1S/C22H37NO.2C22H37N.C20H35NO.C20H35N.C20H32O.CH4/c1-3-5-6-7-8-9-10-18-11-12-20-16-21(14-13-19(20)15-18)22(23,4-2)17-24;1-4-6-7-8-9-10-11-18-12-15-21-19(16-18)13-14-20(21)17-22(3,23)5-2;1-3-5-6-7-8-9-11-19-13-15-20(16-14-19)18-21-12-10-17-22(21,23)4-2;1-3-5-6-7-8-9-10-18-11-13-19(14-12-18)15-16-20(21,4-2)17-22;1-4-6-7-8-9-10-11-18-12-14-19(15-13-18)16-17-20(3,21)5-2;1-3-4-5-6-7-8-9-17-10-12-18(13-11-17)19-14-20(2,15-19)16-21;/h11-12,15,21,24H,3-10,13-14,16-17,23H2,1-2H3;12,15-16,20H,4-11,13-14,17,23H2,1-3H3;13-16,21H,3-12,17-18,23H2,1-2H3;11-14,22H,3-10,15-17,21H2,1-2H3;12-15H,4-11,16-17,21H2,1-3H3;10-13,19,21H,3-9,14-16H2,1-2H3;1H4/t;;;;20-;;/m....1../s1. The molecule has 0 bridgehead atoms. The second-order valence-corrected chi connectivity index (χ2v) is 44.4. The predicted octanol–water partition coefficient (Wildman–Crippen LogP) is 33.3. The number of hydrogen-bond donors (Lipinski definition) is 8. The molecular formula is C127H217N5O3. The molecule has 10 rings (SSSR count). The molecule has 7 unspecified atom stereocenters. The van der Waals surface area contributed by atoms with E-state index in [1.54, 1.807) is 16.7 Å². The quantitative estimate of drug-likeness (QED) is 0.0173. The second-order valence-electron chi connectivity index (χ2n) is 44.4. The molecule has 8 atom stereocenters. The lowest BCUT2D eigenvalue weighted by atomic mass is 9.61. The van der Waals surface area contributed by atoms with Crippen LogP contribution in [0.1, 0.15) is 522 Å². The van der Waals surface area contributed by atoms with Crippen LogP contribution in [0.25, 0.3) is 0 Å². The lowest BCUT2D eigenvalue weighted by Gasteiger charge is -2.44. The van der Waals surface area contributed by atoms with Gasteiger partial charge in [-0.15, -0.1) is 0 Å². The second kappa shape index (κ2) is 70.6. The monoisotopic (exact) mass is 1860 g/mol. The summed E-state index contributed by atoms with van der Waals surface area (Å²) in [7, 11) is 0. The van der Waals surface area contributed by atoms with Crippen molar-refractivity contribution in [1.29, 1.82) is 0 Å². The average Bonchev–Trinajstić information content (AvgIpc) is 1.67. The maximum Gasteiger partial charge on any atom is 0.0613 e. The van der Waals surface area contributed by atoms with E-state index in [0.29, 0.717) is 30.3 Å². The van der Waals surface area contributed by atoms with Crippen LogP contribution in [0.3, 0.4) is 0 Å². The first-order valence-corrected chi connectivity index (χ1v) is 57.0. The number of nitrogens with two attached hydrogens (primary N) is 5. The third kappa shape index (κ3) is 49.5. The zero-order valence-corrected chi connectivity index (χ0v) is 89.9. The van der Waals surface area contributed by atoms with Crippen LogP contribution in [0.5, 0.6) is 0 Å². The molecule has 2 saturated carbocycles. The van der Waals surface area contributed by atoms with Crippen molar-refractivity contribution < 1.29 is 15.3 Å². The number of aliphatic hydroxyl groups is 3. The van der Waals surface area contributed by atoms with Crippen LogP contribution >= 0.6 is 0 Å². The molecular weight excluding hydrogens is 1640 g/mol. The van der Waals surface area contributed by atoms with Gasteiger partial charge in [0.1, 0.15) is 0 Å². The molecule has 6 aromatic rings. The first-order chi connectivity index (χ1) is 64.7. The van der Waals surface area contributed by atoms with Crippen LogP contribution in [0, 0.1) is 17.3 Å². The van der Waals surface area contributed by atoms with Crippen LogP contribution < -0.4 is 28.7 Å². The van der Waals surface area contributed by atoms with E-state index in [1.165, 1.54) is 369 Å². The molecule has 0 heterocycles. The van der Waals surface area contributed by atoms with Crippen molar-refractivity contribution in [2.24, 2.45) is 45.9 Å². The van der Waals surface area contributed by atoms with Gasteiger partial charge in [-0.3, -0.25) is 0 Å². The van der Waals surface area contributed by atoms with E-state index < -0.39 is 11.1 Å². The summed E-state index contributed by atoms with van der Waals surface area (Å²) in [5.41, 5.74) is 52.0. The van der Waals surface area contributed by atoms with Gasteiger partial charge in [-0.1, -0.05) is 423 Å². The van der Waals surface area contributed by atoms with Crippen LogP contribution in [0.15, 0.2) is 133 Å². The van der Waals surface area contributed by atoms with Crippen molar-refractivity contribution in [3.63, 3.8) is 0 Å². The van der Waals surface area contributed by atoms with Gasteiger partial charge >= 0.3 is 0 Å². The van der Waals surface area contributed by atoms with E-state index in [9.17, 15) is 15.3 Å². The van der Waals surface area contributed by atoms with Gasteiger partial charge < -0.3 is 44.0 Å². The Labute approximate surface area is 835 Å². The molecule has 0 aromatic heterocycles. The smallest absolute Gasteiger partial charge is 0.0613 e. The van der Waals surface area contributed by atoms with Gasteiger partial charge in [-0.05, 0) is 326 Å². The largest absolute Gasteiger partial charge is 0.396 e. The van der Waals surface area contributed by atoms with E-state index in [2.05, 4.69) is 223 Å². The van der Waals surface area contributed by atoms with Crippen molar-refractivity contribution >= 4 is 0 Å². The third-order valence-electron chi connectivity index (χ3n) is 32.4. The molecule has 4 aliphatic rings. The summed E-state index contributed by atoms with van der Waals surface area (Å²) >= 11 is 0. The van der Waals surface area contributed by atoms with E-state index >= 15 is 0 Å². The minimum absolute atomic E-state index is 0. The van der Waals surface area contributed by atoms with Crippen molar-refractivity contribution in [3.8, 4) is 0 Å². The predicted molar refractivity (Wildman–Crippen MR) is 595 cm³/mol. The van der Waals surface area contributed by atoms with Crippen LogP contribution in [-0.2, 0) is 77.0 Å². The summed E-state index contributed by atoms with van der Waals surface area (Å²) < 4.78 is 0. The van der Waals surface area contributed by atoms with Crippen LogP contribution in [0.2, 0.25) is 0 Å². The summed E-state index contributed by atoms with van der Waals surface area (Å²) in [6.07, 6.45) is 79.8. The van der Waals surface area contributed by atoms with E-state index in [1.807, 2.05) is 6.92 Å². The van der Waals surface area contributed by atoms with E-state index in [4.69, 9.17) is 28.7 Å². The van der Waals surface area contributed by atoms with Gasteiger partial charge in [0.2, 0.25) is 0 Å². The van der Waals surface area contributed by atoms with Crippen molar-refractivity contribution in [2.45, 2.75) is 548 Å². The molecule has 0 saturated heterocycles. The number of benzene rings is 6. The number of unbranched alkanes of at least 4 members (excludes halogenated alkanes) is 30. The molecule has 8 nitrogen and oxygen atoms in total. The lowest BCUT2D eigenvalue weighted by Crippen LogP contribution is -2.51. The molecule has 0 aliphatic heterocycles. The molecule has 135 heavy (non-hydrogen) atoms. The molecule has 13 N–H and O–H groups in total. The highest BCUT2D eigenvalue weighted by molar-refractivity contribution is 5.40. The summed E-state index contributed by atoms with van der Waals surface area (Å²) in [6.45, 7) is 31.5. The van der Waals surface area contributed by atoms with Gasteiger partial charge in [-0.25, -0.2) is 0 Å². The fraction of sp³-hybridized carbons (Fsp3) is 0.717. The number of hydrogen-bond acceptors (Lipinski definition) is 8. The molecule has 768 valence electrons. The summed E-state index contributed by atoms with van der Waals surface area (Å²) in [5.74, 6) is 2.44. The van der Waals surface area contributed by atoms with Crippen LogP contribution in [-0.4, -0.2) is 62.8 Å². The fourth-order valence-electron chi connectivity index (χ4n) is 21.1. The Bertz CT molecular complexity index is 3840. The SMILES string of the molecule is C.CCCCCCCCc1ccc(C2CC(C)(CO)C2)cc1.CCCCCCCCc1ccc(CC2CCCC2(N)CC)cc1.CCCCCCCCc1ccc(CCC(N)(CC)CO)cc1.CCCCCCCCc1ccc(CC[C@](C)(N)CC)cc1.CCCCCCCCc1ccc2c(c1)CCC(C(N)(CC)CO)C2.CCCCCCCCc1ccc2c(c1)CCC2CC(C)(N)CC. The maximum absolute atomic E-state index is 9.68. The Morgan fingerprint density at radius 2 is 0.711 bits per heavy atom. The summed E-state index contributed by atoms with van der Waals surface area (Å²) in [5, 5.41) is 28.4. The molecule has 0 spiro atoms. The van der Waals surface area contributed by atoms with Gasteiger partial charge in [0.15, 0.2) is 0 Å². The Morgan fingerprint density at radius 3 is 1.09 bits per heavy atom. The lowest BCUT2D eigenvalue weighted by molar-refractivity contribution is 0.0434. The minimum Gasteiger partial charge on any atom is -0.396 e. The maximum atomic E-state index is 9.68. The molecule has 6 aromatic carbocycles. The number of aryl methyl sites for hydroxylation is 10. The third-order valence-corrected chi connectivity index (χ3v) is 32.4. The number of fused-ring (bicyclic) bond motifs is 2. The highest BCUT2D eigenvalue weighted by Crippen LogP contribution is 2.51. The van der Waals surface area contributed by atoms with E-state index in [-0.39, 0.29) is 42.7 Å². The Kier molecular flexibility index (Phi) is 64.0. The Morgan fingerprint density at radius 1 is 0.356 bits per heavy atom. The number of rotatable bonds is 62. The molecule has 0 radical (unpaired) electrons. The highest BCUT2D eigenvalue weighted by atomic mass is 16.3. The Balaban J connectivity index is 0.000000338. The molecule has 8 heteroatoms. The average molecular weight is 1860 g/mol. The summed E-state index contributed by atoms with van der Waals surface area (Å²) in [6, 6.07) is 51.1. The Hall–Kier alpha value is -5.00. The zero-order valence-electron chi connectivity index (χ0n) is 89.9. The normalized spacial score (nSPS) is 19.3. The number of aliphatic hydroxyl groups excluding tert-OH is 3. The van der Waals surface area contributed by atoms with Gasteiger partial charge in [0.25, 0.3) is 0 Å². The van der Waals surface area contributed by atoms with Crippen molar-refractivity contribution in [1.82, 2.24) is 0 Å². The first kappa shape index (κ1) is 122. The van der Waals surface area contributed by atoms with Gasteiger partial charge in [-0.2, -0.15) is 0 Å². The molecule has 4 aliphatic carbocycles. The van der Waals surface area contributed by atoms with Crippen molar-refractivity contribution in [2.75, 3.05) is 19.8 Å². The van der Waals surface area contributed by atoms with E-state index in [0.717, 1.165) is 96.3 Å². The first-order valence-electron chi connectivity index (χ1n) is 57.0. The molecule has 2 fully saturated rings. The van der Waals surface area contributed by atoms with Crippen LogP contribution in [0.4, 0.5) is 0 Å². The van der Waals surface area contributed by atoms with Gasteiger partial charge in [0, 0.05) is 34.3 Å². The van der Waals surface area contributed by atoms with Crippen molar-refractivity contribution in [3.05, 3.63) is 211 Å². The minimum atomic E-state index is -0.419. The topological polar surface area (TPSA) is 191 Å². The molecule has 0 amide bonds.